The molecule has 2 fully saturated rings. The van der Waals surface area contributed by atoms with E-state index in [0.717, 1.165) is 24.5 Å². The van der Waals surface area contributed by atoms with E-state index in [9.17, 15) is 14.4 Å². The summed E-state index contributed by atoms with van der Waals surface area (Å²) in [6.45, 7) is 3.08. The lowest BCUT2D eigenvalue weighted by Gasteiger charge is -2.35. The van der Waals surface area contributed by atoms with Crippen molar-refractivity contribution in [3.05, 3.63) is 24.3 Å². The number of carbonyl (C=O) groups is 3. The highest BCUT2D eigenvalue weighted by molar-refractivity contribution is 6.05. The molecule has 8 nitrogen and oxygen atoms in total. The fraction of sp³-hybridized carbons (Fsp3) is 0.438. The molecule has 0 unspecified atom stereocenters. The predicted octanol–water partition coefficient (Wildman–Crippen LogP) is 1.02. The van der Waals surface area contributed by atoms with Crippen LogP contribution >= 0.6 is 0 Å². The number of anilines is 2. The number of methoxy groups -OCH3 is 1. The first kappa shape index (κ1) is 16.1. The predicted molar refractivity (Wildman–Crippen MR) is 88.1 cm³/mol. The number of ether oxygens (including phenoxy) is 1. The van der Waals surface area contributed by atoms with E-state index in [1.54, 1.807) is 9.80 Å². The number of imide groups is 1. The summed E-state index contributed by atoms with van der Waals surface area (Å²) in [6.07, 6.45) is 0.0128. The Morgan fingerprint density at radius 1 is 1.00 bits per heavy atom. The van der Waals surface area contributed by atoms with Crippen LogP contribution in [-0.4, -0.2) is 62.8 Å². The number of amides is 4. The molecule has 2 aliphatic heterocycles. The summed E-state index contributed by atoms with van der Waals surface area (Å²) in [4.78, 5) is 40.0. The highest BCUT2D eigenvalue weighted by Crippen LogP contribution is 2.23. The molecule has 0 aliphatic carbocycles. The van der Waals surface area contributed by atoms with Gasteiger partial charge in [-0.1, -0.05) is 0 Å². The summed E-state index contributed by atoms with van der Waals surface area (Å²) in [5.41, 5.74) is 1.80. The van der Waals surface area contributed by atoms with Crippen molar-refractivity contribution in [2.45, 2.75) is 6.42 Å². The average molecular weight is 332 g/mol. The van der Waals surface area contributed by atoms with Crippen LogP contribution in [0.1, 0.15) is 6.42 Å². The average Bonchev–Trinajstić information content (AvgIpc) is 2.61. The molecule has 0 spiro atoms. The second kappa shape index (κ2) is 6.77. The van der Waals surface area contributed by atoms with Gasteiger partial charge in [0.05, 0.1) is 7.11 Å². The van der Waals surface area contributed by atoms with Gasteiger partial charge in [-0.3, -0.25) is 15.0 Å². The molecule has 1 aromatic carbocycles. The first-order valence-electron chi connectivity index (χ1n) is 7.88. The minimum absolute atomic E-state index is 0.239. The molecule has 0 saturated carbocycles. The molecule has 0 atom stereocenters. The maximum absolute atomic E-state index is 11.9. The first-order chi connectivity index (χ1) is 11.6. The van der Waals surface area contributed by atoms with Gasteiger partial charge in [0.25, 0.3) is 0 Å². The molecule has 2 aliphatic rings. The highest BCUT2D eigenvalue weighted by atomic mass is 16.5. The third-order valence-corrected chi connectivity index (χ3v) is 4.29. The van der Waals surface area contributed by atoms with Crippen LogP contribution in [-0.2, 0) is 9.53 Å². The van der Waals surface area contributed by atoms with E-state index in [2.05, 4.69) is 10.2 Å². The van der Waals surface area contributed by atoms with E-state index in [-0.39, 0.29) is 18.0 Å². The standard InChI is InChI=1S/C16H20N4O4/c1-24-16(23)19-10-8-18(9-11-19)12-2-4-13(5-3-12)20-7-6-14(21)17-15(20)22/h2-5H,6-11H2,1H3,(H,17,21,22). The summed E-state index contributed by atoms with van der Waals surface area (Å²) < 4.78 is 4.73. The van der Waals surface area contributed by atoms with Crippen molar-refractivity contribution in [1.29, 1.82) is 0 Å². The highest BCUT2D eigenvalue weighted by Gasteiger charge is 2.25. The maximum atomic E-state index is 11.9. The van der Waals surface area contributed by atoms with Crippen LogP contribution in [0.25, 0.3) is 0 Å². The zero-order valence-corrected chi connectivity index (χ0v) is 13.5. The summed E-state index contributed by atoms with van der Waals surface area (Å²) in [5.74, 6) is -0.239. The van der Waals surface area contributed by atoms with E-state index in [0.29, 0.717) is 26.1 Å². The molecular weight excluding hydrogens is 312 g/mol. The van der Waals surface area contributed by atoms with Crippen molar-refractivity contribution in [2.24, 2.45) is 0 Å². The Bertz CT molecular complexity index is 638. The van der Waals surface area contributed by atoms with Crippen molar-refractivity contribution >= 4 is 29.4 Å². The number of nitrogens with zero attached hydrogens (tertiary/aromatic N) is 3. The molecule has 1 aromatic rings. The molecule has 24 heavy (non-hydrogen) atoms. The van der Waals surface area contributed by atoms with E-state index < -0.39 is 0 Å². The lowest BCUT2D eigenvalue weighted by molar-refractivity contribution is -0.120. The van der Waals surface area contributed by atoms with Crippen LogP contribution in [0, 0.1) is 0 Å². The number of rotatable bonds is 2. The Hall–Kier alpha value is -2.77. The Balaban J connectivity index is 1.62. The van der Waals surface area contributed by atoms with E-state index >= 15 is 0 Å². The van der Waals surface area contributed by atoms with Crippen molar-refractivity contribution in [3.8, 4) is 0 Å². The van der Waals surface area contributed by atoms with Crippen molar-refractivity contribution in [1.82, 2.24) is 10.2 Å². The van der Waals surface area contributed by atoms with Gasteiger partial charge in [0.2, 0.25) is 5.91 Å². The van der Waals surface area contributed by atoms with Crippen molar-refractivity contribution < 1.29 is 19.1 Å². The fourth-order valence-corrected chi connectivity index (χ4v) is 2.93. The molecule has 0 radical (unpaired) electrons. The smallest absolute Gasteiger partial charge is 0.409 e. The molecule has 2 saturated heterocycles. The number of benzene rings is 1. The monoisotopic (exact) mass is 332 g/mol. The van der Waals surface area contributed by atoms with Crippen LogP contribution in [0.2, 0.25) is 0 Å². The maximum Gasteiger partial charge on any atom is 0.409 e. The van der Waals surface area contributed by atoms with E-state index in [4.69, 9.17) is 4.74 Å². The van der Waals surface area contributed by atoms with Gasteiger partial charge in [-0.15, -0.1) is 0 Å². The minimum atomic E-state index is -0.384. The zero-order chi connectivity index (χ0) is 17.1. The normalized spacial score (nSPS) is 18.5. The van der Waals surface area contributed by atoms with Gasteiger partial charge in [-0.05, 0) is 24.3 Å². The number of hydrogen-bond acceptors (Lipinski definition) is 5. The summed E-state index contributed by atoms with van der Waals surface area (Å²) in [7, 11) is 1.39. The van der Waals surface area contributed by atoms with Crippen LogP contribution in [0.3, 0.4) is 0 Å². The Kier molecular flexibility index (Phi) is 4.54. The van der Waals surface area contributed by atoms with Gasteiger partial charge in [0.1, 0.15) is 0 Å². The quantitative estimate of drug-likeness (QED) is 0.874. The minimum Gasteiger partial charge on any atom is -0.453 e. The first-order valence-corrected chi connectivity index (χ1v) is 7.88. The number of carbonyl (C=O) groups excluding carboxylic acids is 3. The molecule has 3 rings (SSSR count). The van der Waals surface area contributed by atoms with Crippen LogP contribution in [0.5, 0.6) is 0 Å². The summed E-state index contributed by atoms with van der Waals surface area (Å²) in [5, 5.41) is 2.32. The number of piperazine rings is 1. The number of hydrogen-bond donors (Lipinski definition) is 1. The Morgan fingerprint density at radius 3 is 2.21 bits per heavy atom. The van der Waals surface area contributed by atoms with Crippen LogP contribution < -0.4 is 15.1 Å². The SMILES string of the molecule is COC(=O)N1CCN(c2ccc(N3CCC(=O)NC3=O)cc2)CC1. The fourth-order valence-electron chi connectivity index (χ4n) is 2.93. The van der Waals surface area contributed by atoms with Gasteiger partial charge in [-0.2, -0.15) is 0 Å². The van der Waals surface area contributed by atoms with Gasteiger partial charge in [-0.25, -0.2) is 9.59 Å². The van der Waals surface area contributed by atoms with Gasteiger partial charge in [0.15, 0.2) is 0 Å². The molecule has 128 valence electrons. The van der Waals surface area contributed by atoms with E-state index in [1.165, 1.54) is 7.11 Å². The molecule has 8 heteroatoms. The van der Waals surface area contributed by atoms with Crippen LogP contribution in [0.15, 0.2) is 24.3 Å². The number of urea groups is 1. The lowest BCUT2D eigenvalue weighted by atomic mass is 10.2. The van der Waals surface area contributed by atoms with Gasteiger partial charge < -0.3 is 14.5 Å². The lowest BCUT2D eigenvalue weighted by Crippen LogP contribution is -2.49. The molecule has 1 N–H and O–H groups in total. The van der Waals surface area contributed by atoms with Crippen molar-refractivity contribution in [3.63, 3.8) is 0 Å². The molecule has 0 bridgehead atoms. The second-order valence-electron chi connectivity index (χ2n) is 5.72. The topological polar surface area (TPSA) is 82.2 Å². The zero-order valence-electron chi connectivity index (χ0n) is 13.5. The third kappa shape index (κ3) is 3.27. The van der Waals surface area contributed by atoms with Crippen LogP contribution in [0.4, 0.5) is 21.0 Å². The summed E-state index contributed by atoms with van der Waals surface area (Å²) >= 11 is 0. The van der Waals surface area contributed by atoms with E-state index in [1.807, 2.05) is 24.3 Å². The summed E-state index contributed by atoms with van der Waals surface area (Å²) in [6, 6.07) is 7.26. The van der Waals surface area contributed by atoms with Gasteiger partial charge in [0, 0.05) is 50.5 Å². The van der Waals surface area contributed by atoms with Crippen molar-refractivity contribution in [2.75, 3.05) is 49.6 Å². The second-order valence-corrected chi connectivity index (χ2v) is 5.72. The van der Waals surface area contributed by atoms with Gasteiger partial charge >= 0.3 is 12.1 Å². The Morgan fingerprint density at radius 2 is 1.62 bits per heavy atom. The molecule has 2 heterocycles. The third-order valence-electron chi connectivity index (χ3n) is 4.29. The molecular formula is C16H20N4O4. The molecule has 4 amide bonds. The Labute approximate surface area is 139 Å². The number of nitrogens with one attached hydrogen (secondary N) is 1. The molecule has 0 aromatic heterocycles. The largest absolute Gasteiger partial charge is 0.453 e.